The highest BCUT2D eigenvalue weighted by Gasteiger charge is 2.56. The Morgan fingerprint density at radius 1 is 0.481 bits per heavy atom. The van der Waals surface area contributed by atoms with E-state index in [1.807, 2.05) is 0 Å². The lowest BCUT2D eigenvalue weighted by molar-refractivity contribution is -0.291. The minimum absolute atomic E-state index is 0.157. The monoisotopic (exact) mass is 720 g/mol. The van der Waals surface area contributed by atoms with Crippen molar-refractivity contribution in [2.24, 2.45) is 28.2 Å². The summed E-state index contributed by atoms with van der Waals surface area (Å²) in [5.74, 6) is -8.40. The summed E-state index contributed by atoms with van der Waals surface area (Å²) in [4.78, 5) is 99.5. The van der Waals surface area contributed by atoms with E-state index in [0.717, 1.165) is 30.4 Å². The molecule has 18 nitrogen and oxygen atoms in total. The molecule has 272 valence electrons. The predicted molar refractivity (Wildman–Crippen MR) is 178 cm³/mol. The van der Waals surface area contributed by atoms with Gasteiger partial charge >= 0.3 is 35.3 Å². The lowest BCUT2D eigenvalue weighted by atomic mass is 9.87. The molecule has 0 bridgehead atoms. The highest BCUT2D eigenvalue weighted by Crippen LogP contribution is 2.45. The molecule has 1 saturated carbocycles. The van der Waals surface area contributed by atoms with Crippen LogP contribution in [0, 0.1) is 0 Å². The van der Waals surface area contributed by atoms with Crippen molar-refractivity contribution in [2.75, 3.05) is 0 Å². The Morgan fingerprint density at radius 2 is 0.788 bits per heavy atom. The number of nitrogens with zero attached hydrogens (tertiary/aromatic N) is 4. The third-order valence-corrected chi connectivity index (χ3v) is 8.60. The maximum Gasteiger partial charge on any atom is 0.348 e. The second kappa shape index (κ2) is 13.9. The first kappa shape index (κ1) is 36.6. The van der Waals surface area contributed by atoms with Crippen molar-refractivity contribution in [1.29, 1.82) is 0 Å². The van der Waals surface area contributed by atoms with Gasteiger partial charge in [0.25, 0.3) is 22.7 Å². The average Bonchev–Trinajstić information content (AvgIpc) is 3.10. The fourth-order valence-electron chi connectivity index (χ4n) is 5.54. The zero-order chi connectivity index (χ0) is 38.1. The van der Waals surface area contributed by atoms with Gasteiger partial charge in [-0.1, -0.05) is 36.5 Å². The van der Waals surface area contributed by atoms with Gasteiger partial charge in [0.2, 0.25) is 11.8 Å². The van der Waals surface area contributed by atoms with Crippen LogP contribution in [-0.4, -0.2) is 63.9 Å². The lowest BCUT2D eigenvalue weighted by Gasteiger charge is -2.45. The molecule has 3 fully saturated rings. The highest BCUT2D eigenvalue weighted by molar-refractivity contribution is 6.16. The first-order valence-electron chi connectivity index (χ1n) is 15.5. The number of rotatable bonds is 6. The first-order valence-corrected chi connectivity index (χ1v) is 15.5. The van der Waals surface area contributed by atoms with Crippen LogP contribution >= 0.6 is 0 Å². The van der Waals surface area contributed by atoms with Crippen LogP contribution in [0.3, 0.4) is 0 Å². The van der Waals surface area contributed by atoms with E-state index in [0.29, 0.717) is 0 Å². The van der Waals surface area contributed by atoms with Crippen LogP contribution in [-0.2, 0) is 66.3 Å². The zero-order valence-corrected chi connectivity index (χ0v) is 28.2. The standard InChI is InChI=1S/C34H32N4O14/c1-35-23(39)19(24(40)36(2)31(35)47)11-7-5-9-13-21-27(43)49-33(50-28(21)44)15-17-34(18-16-33)51-29(45)22(30(46)52-34)14-10-6-8-12-20-25(41)37(3)32(48)38(4)26(20)42/h5-14,39,41H,15-18H2,1-4H3/b9-5+,10-6+,11-7+,12-8+,21-13?,22-14?. The van der Waals surface area contributed by atoms with Gasteiger partial charge in [-0.25, -0.2) is 28.8 Å². The van der Waals surface area contributed by atoms with Crippen molar-refractivity contribution < 1.29 is 48.3 Å². The summed E-state index contributed by atoms with van der Waals surface area (Å²) in [7, 11) is 5.09. The third-order valence-electron chi connectivity index (χ3n) is 8.60. The van der Waals surface area contributed by atoms with Gasteiger partial charge in [-0.15, -0.1) is 0 Å². The number of carbonyl (C=O) groups is 4. The van der Waals surface area contributed by atoms with Crippen LogP contribution in [0.15, 0.2) is 78.9 Å². The zero-order valence-electron chi connectivity index (χ0n) is 28.2. The summed E-state index contributed by atoms with van der Waals surface area (Å²) in [5.41, 5.74) is -4.06. The molecule has 0 amide bonds. The van der Waals surface area contributed by atoms with E-state index in [2.05, 4.69) is 0 Å². The molecule has 0 unspecified atom stereocenters. The van der Waals surface area contributed by atoms with Crippen LogP contribution in [0.5, 0.6) is 11.8 Å². The molecule has 5 rings (SSSR count). The number of hydrogen-bond donors (Lipinski definition) is 2. The van der Waals surface area contributed by atoms with Gasteiger partial charge in [0.05, 0.1) is 0 Å². The first-order chi connectivity index (χ1) is 24.5. The Hall–Kier alpha value is -6.72. The molecule has 2 aromatic rings. The SMILES string of the molecule is Cn1c(O)c(/C=C/C=C/C=C2C(=O)OC3(CCC4(CC3)OC(=O)C(=C/C=C/C=C/c3c(O)n(C)c(=O)n(C)c3=O)C(=O)O4)OC2=O)c(=O)n(C)c1=O. The fraction of sp³-hybridized carbons (Fsp3) is 0.294. The van der Waals surface area contributed by atoms with Gasteiger partial charge in [0.1, 0.15) is 22.3 Å². The van der Waals surface area contributed by atoms with Gasteiger partial charge in [-0.2, -0.15) is 0 Å². The smallest absolute Gasteiger partial charge is 0.348 e. The molecule has 4 heterocycles. The van der Waals surface area contributed by atoms with E-state index < -0.39 is 80.9 Å². The molecule has 0 atom stereocenters. The van der Waals surface area contributed by atoms with E-state index in [9.17, 15) is 48.6 Å². The minimum atomic E-state index is -1.69. The number of hydrogen-bond acceptors (Lipinski definition) is 14. The number of carbonyl (C=O) groups excluding carboxylic acids is 4. The minimum Gasteiger partial charge on any atom is -0.494 e. The van der Waals surface area contributed by atoms with Crippen molar-refractivity contribution in [2.45, 2.75) is 37.3 Å². The van der Waals surface area contributed by atoms with Crippen molar-refractivity contribution in [3.8, 4) is 11.8 Å². The van der Waals surface area contributed by atoms with E-state index in [1.165, 1.54) is 76.8 Å². The summed E-state index contributed by atoms with van der Waals surface area (Å²) in [6.45, 7) is 0. The van der Waals surface area contributed by atoms with Gasteiger partial charge in [-0.05, 0) is 24.3 Å². The Bertz CT molecular complexity index is 2130. The Kier molecular flexibility index (Phi) is 9.76. The summed E-state index contributed by atoms with van der Waals surface area (Å²) in [6, 6.07) is 0. The van der Waals surface area contributed by atoms with Crippen molar-refractivity contribution >= 4 is 36.0 Å². The number of aromatic hydroxyl groups is 2. The van der Waals surface area contributed by atoms with Crippen molar-refractivity contribution in [3.05, 3.63) is 113 Å². The molecule has 2 aromatic heterocycles. The number of ether oxygens (including phenoxy) is 4. The van der Waals surface area contributed by atoms with Crippen LogP contribution < -0.4 is 22.5 Å². The molecular formula is C34H32N4O14. The lowest BCUT2D eigenvalue weighted by Crippen LogP contribution is -2.56. The Morgan fingerprint density at radius 3 is 1.10 bits per heavy atom. The van der Waals surface area contributed by atoms with Crippen LogP contribution in [0.1, 0.15) is 36.8 Å². The fourth-order valence-corrected chi connectivity index (χ4v) is 5.54. The van der Waals surface area contributed by atoms with E-state index in [-0.39, 0.29) is 36.8 Å². The van der Waals surface area contributed by atoms with Gasteiger partial charge in [0.15, 0.2) is 0 Å². The van der Waals surface area contributed by atoms with Crippen molar-refractivity contribution in [1.82, 2.24) is 18.3 Å². The van der Waals surface area contributed by atoms with Gasteiger partial charge in [-0.3, -0.25) is 27.9 Å². The molecule has 0 aromatic carbocycles. The van der Waals surface area contributed by atoms with Crippen LogP contribution in [0.25, 0.3) is 12.2 Å². The molecule has 52 heavy (non-hydrogen) atoms. The highest BCUT2D eigenvalue weighted by atomic mass is 16.8. The molecule has 3 aliphatic rings. The normalized spacial score (nSPS) is 22.2. The van der Waals surface area contributed by atoms with Gasteiger partial charge < -0.3 is 29.2 Å². The molecule has 2 spiro atoms. The van der Waals surface area contributed by atoms with Crippen molar-refractivity contribution in [3.63, 3.8) is 0 Å². The quantitative estimate of drug-likeness (QED) is 0.170. The number of allylic oxidation sites excluding steroid dienone is 8. The second-order valence-corrected chi connectivity index (χ2v) is 11.9. The molecule has 2 saturated heterocycles. The molecule has 0 radical (unpaired) electrons. The molecule has 18 heteroatoms. The van der Waals surface area contributed by atoms with E-state index in [4.69, 9.17) is 18.9 Å². The molecule has 2 aliphatic heterocycles. The summed E-state index contributed by atoms with van der Waals surface area (Å²) < 4.78 is 25.3. The summed E-state index contributed by atoms with van der Waals surface area (Å²) >= 11 is 0. The summed E-state index contributed by atoms with van der Waals surface area (Å²) in [5, 5.41) is 20.3. The van der Waals surface area contributed by atoms with Crippen LogP contribution in [0.2, 0.25) is 0 Å². The third kappa shape index (κ3) is 6.72. The topological polar surface area (TPSA) is 234 Å². The van der Waals surface area contributed by atoms with Gasteiger partial charge in [0, 0.05) is 53.9 Å². The molecule has 1 aliphatic carbocycles. The van der Waals surface area contributed by atoms with Crippen LogP contribution in [0.4, 0.5) is 0 Å². The summed E-state index contributed by atoms with van der Waals surface area (Å²) in [6.07, 6.45) is 12.1. The molecule has 2 N–H and O–H groups in total. The maximum atomic E-state index is 12.8. The maximum absolute atomic E-state index is 12.8. The Balaban J connectivity index is 1.18. The second-order valence-electron chi connectivity index (χ2n) is 11.9. The van der Waals surface area contributed by atoms with E-state index in [1.54, 1.807) is 0 Å². The number of esters is 4. The molecular weight excluding hydrogens is 688 g/mol. The van der Waals surface area contributed by atoms with E-state index >= 15 is 0 Å². The largest absolute Gasteiger partial charge is 0.494 e. The average molecular weight is 721 g/mol. The predicted octanol–water partition coefficient (Wildman–Crippen LogP) is -0.249. The Labute approximate surface area is 292 Å². The number of aromatic nitrogens is 4.